The molecular formula is C14H28N2O2. The van der Waals surface area contributed by atoms with E-state index in [1.54, 1.807) is 0 Å². The van der Waals surface area contributed by atoms with Crippen molar-refractivity contribution in [2.24, 2.45) is 0 Å². The van der Waals surface area contributed by atoms with E-state index in [1.165, 1.54) is 0 Å². The van der Waals surface area contributed by atoms with Crippen LogP contribution in [0.5, 0.6) is 0 Å². The molecule has 0 saturated heterocycles. The topological polar surface area (TPSA) is 58.2 Å². The molecule has 0 fully saturated rings. The first-order valence-corrected chi connectivity index (χ1v) is 7.24. The van der Waals surface area contributed by atoms with Gasteiger partial charge in [0.2, 0.25) is 11.8 Å². The molecule has 0 radical (unpaired) electrons. The first kappa shape index (κ1) is 16.9. The van der Waals surface area contributed by atoms with E-state index in [4.69, 9.17) is 0 Å². The lowest BCUT2D eigenvalue weighted by atomic mass is 10.1. The van der Waals surface area contributed by atoms with Gasteiger partial charge < -0.3 is 10.6 Å². The first-order valence-electron chi connectivity index (χ1n) is 7.24. The van der Waals surface area contributed by atoms with Gasteiger partial charge in [-0.3, -0.25) is 9.59 Å². The van der Waals surface area contributed by atoms with Crippen LogP contribution >= 0.6 is 0 Å². The van der Waals surface area contributed by atoms with Gasteiger partial charge in [-0.2, -0.15) is 0 Å². The van der Waals surface area contributed by atoms with E-state index >= 15 is 0 Å². The SMILES string of the molecule is CCCNC(=O)CCCCCCC(=O)NCCC. The molecular weight excluding hydrogens is 228 g/mol. The standard InChI is InChI=1S/C14H28N2O2/c1-3-11-15-13(17)9-7-5-6-8-10-14(18)16-12-4-2/h3-12H2,1-2H3,(H,15,17)(H,16,18). The first-order chi connectivity index (χ1) is 8.70. The molecule has 18 heavy (non-hydrogen) atoms. The van der Waals surface area contributed by atoms with E-state index in [0.717, 1.165) is 51.6 Å². The summed E-state index contributed by atoms with van der Waals surface area (Å²) in [6.45, 7) is 5.64. The number of rotatable bonds is 11. The summed E-state index contributed by atoms with van der Waals surface area (Å²) in [5, 5.41) is 5.72. The summed E-state index contributed by atoms with van der Waals surface area (Å²) in [5.74, 6) is 0.301. The van der Waals surface area contributed by atoms with Crippen LogP contribution in [0.1, 0.15) is 65.2 Å². The fraction of sp³-hybridized carbons (Fsp3) is 0.857. The van der Waals surface area contributed by atoms with Crippen molar-refractivity contribution in [2.45, 2.75) is 65.2 Å². The van der Waals surface area contributed by atoms with Gasteiger partial charge in [-0.1, -0.05) is 26.7 Å². The number of hydrogen-bond acceptors (Lipinski definition) is 2. The minimum atomic E-state index is 0.150. The van der Waals surface area contributed by atoms with Crippen LogP contribution in [-0.2, 0) is 9.59 Å². The molecule has 0 aromatic rings. The summed E-state index contributed by atoms with van der Waals surface area (Å²) >= 11 is 0. The predicted octanol–water partition coefficient (Wildman–Crippen LogP) is 2.38. The van der Waals surface area contributed by atoms with Crippen LogP contribution in [0.3, 0.4) is 0 Å². The molecule has 0 aliphatic rings. The third-order valence-electron chi connectivity index (χ3n) is 2.70. The van der Waals surface area contributed by atoms with Crippen molar-refractivity contribution in [3.8, 4) is 0 Å². The molecule has 0 saturated carbocycles. The molecule has 0 aromatic carbocycles. The van der Waals surface area contributed by atoms with Gasteiger partial charge in [0.25, 0.3) is 0 Å². The predicted molar refractivity (Wildman–Crippen MR) is 74.3 cm³/mol. The van der Waals surface area contributed by atoms with Gasteiger partial charge in [0.05, 0.1) is 0 Å². The zero-order valence-electron chi connectivity index (χ0n) is 11.9. The van der Waals surface area contributed by atoms with E-state index < -0.39 is 0 Å². The number of nitrogens with one attached hydrogen (secondary N) is 2. The maximum Gasteiger partial charge on any atom is 0.219 e. The molecule has 106 valence electrons. The molecule has 2 amide bonds. The quantitative estimate of drug-likeness (QED) is 0.558. The van der Waals surface area contributed by atoms with Crippen molar-refractivity contribution in [1.82, 2.24) is 10.6 Å². The Bertz CT molecular complexity index is 206. The Morgan fingerprint density at radius 1 is 0.722 bits per heavy atom. The highest BCUT2D eigenvalue weighted by Crippen LogP contribution is 2.05. The number of amides is 2. The van der Waals surface area contributed by atoms with Gasteiger partial charge in [-0.05, 0) is 25.7 Å². The third kappa shape index (κ3) is 11.4. The Balaban J connectivity index is 3.25. The van der Waals surface area contributed by atoms with Crippen molar-refractivity contribution in [1.29, 1.82) is 0 Å². The minimum absolute atomic E-state index is 0.150. The highest BCUT2D eigenvalue weighted by Gasteiger charge is 2.01. The molecule has 0 aliphatic carbocycles. The zero-order chi connectivity index (χ0) is 13.6. The van der Waals surface area contributed by atoms with Gasteiger partial charge in [0.15, 0.2) is 0 Å². The van der Waals surface area contributed by atoms with Crippen LogP contribution in [-0.4, -0.2) is 24.9 Å². The van der Waals surface area contributed by atoms with Gasteiger partial charge >= 0.3 is 0 Å². The normalized spacial score (nSPS) is 10.1. The van der Waals surface area contributed by atoms with Crippen molar-refractivity contribution < 1.29 is 9.59 Å². The second kappa shape index (κ2) is 12.4. The fourth-order valence-corrected chi connectivity index (χ4v) is 1.63. The molecule has 0 heterocycles. The fourth-order valence-electron chi connectivity index (χ4n) is 1.63. The van der Waals surface area contributed by atoms with Crippen LogP contribution < -0.4 is 10.6 Å². The lowest BCUT2D eigenvalue weighted by molar-refractivity contribution is -0.122. The smallest absolute Gasteiger partial charge is 0.219 e. The Morgan fingerprint density at radius 2 is 1.11 bits per heavy atom. The van der Waals surface area contributed by atoms with Gasteiger partial charge in [0.1, 0.15) is 0 Å². The van der Waals surface area contributed by atoms with Crippen LogP contribution in [0.15, 0.2) is 0 Å². The average molecular weight is 256 g/mol. The van der Waals surface area contributed by atoms with E-state index in [2.05, 4.69) is 10.6 Å². The lowest BCUT2D eigenvalue weighted by Gasteiger charge is -2.04. The van der Waals surface area contributed by atoms with Crippen LogP contribution in [0.2, 0.25) is 0 Å². The molecule has 2 N–H and O–H groups in total. The second-order valence-corrected chi connectivity index (χ2v) is 4.61. The highest BCUT2D eigenvalue weighted by atomic mass is 16.2. The second-order valence-electron chi connectivity index (χ2n) is 4.61. The van der Waals surface area contributed by atoms with Crippen LogP contribution in [0.4, 0.5) is 0 Å². The Hall–Kier alpha value is -1.06. The summed E-state index contributed by atoms with van der Waals surface area (Å²) in [5.41, 5.74) is 0. The molecule has 0 spiro atoms. The number of carbonyl (C=O) groups excluding carboxylic acids is 2. The minimum Gasteiger partial charge on any atom is -0.356 e. The average Bonchev–Trinajstić information content (AvgIpc) is 2.37. The summed E-state index contributed by atoms with van der Waals surface area (Å²) < 4.78 is 0. The van der Waals surface area contributed by atoms with E-state index in [9.17, 15) is 9.59 Å². The van der Waals surface area contributed by atoms with Gasteiger partial charge in [-0.15, -0.1) is 0 Å². The summed E-state index contributed by atoms with van der Waals surface area (Å²) in [6.07, 6.45) is 7.10. The highest BCUT2D eigenvalue weighted by molar-refractivity contribution is 5.76. The number of unbranched alkanes of at least 4 members (excludes halogenated alkanes) is 3. The molecule has 4 nitrogen and oxygen atoms in total. The Labute approximate surface area is 111 Å². The third-order valence-corrected chi connectivity index (χ3v) is 2.70. The maximum absolute atomic E-state index is 11.3. The largest absolute Gasteiger partial charge is 0.356 e. The van der Waals surface area contributed by atoms with Crippen LogP contribution in [0.25, 0.3) is 0 Å². The van der Waals surface area contributed by atoms with E-state index in [0.29, 0.717) is 12.8 Å². The van der Waals surface area contributed by atoms with E-state index in [1.807, 2.05) is 13.8 Å². The van der Waals surface area contributed by atoms with Gasteiger partial charge in [-0.25, -0.2) is 0 Å². The molecule has 0 rings (SSSR count). The van der Waals surface area contributed by atoms with Crippen molar-refractivity contribution in [2.75, 3.05) is 13.1 Å². The van der Waals surface area contributed by atoms with Crippen LogP contribution in [0, 0.1) is 0 Å². The summed E-state index contributed by atoms with van der Waals surface area (Å²) in [6, 6.07) is 0. The molecule has 4 heteroatoms. The molecule has 0 aliphatic heterocycles. The number of carbonyl (C=O) groups is 2. The van der Waals surface area contributed by atoms with Crippen molar-refractivity contribution >= 4 is 11.8 Å². The molecule has 0 bridgehead atoms. The molecule has 0 atom stereocenters. The van der Waals surface area contributed by atoms with Crippen molar-refractivity contribution in [3.05, 3.63) is 0 Å². The lowest BCUT2D eigenvalue weighted by Crippen LogP contribution is -2.23. The molecule has 0 aromatic heterocycles. The summed E-state index contributed by atoms with van der Waals surface area (Å²) in [4.78, 5) is 22.6. The number of hydrogen-bond donors (Lipinski definition) is 2. The monoisotopic (exact) mass is 256 g/mol. The zero-order valence-corrected chi connectivity index (χ0v) is 11.9. The Morgan fingerprint density at radius 3 is 1.44 bits per heavy atom. The summed E-state index contributed by atoms with van der Waals surface area (Å²) in [7, 11) is 0. The maximum atomic E-state index is 11.3. The van der Waals surface area contributed by atoms with Gasteiger partial charge in [0, 0.05) is 25.9 Å². The molecule has 0 unspecified atom stereocenters. The van der Waals surface area contributed by atoms with Crippen molar-refractivity contribution in [3.63, 3.8) is 0 Å². The Kier molecular flexibility index (Phi) is 11.7. The van der Waals surface area contributed by atoms with E-state index in [-0.39, 0.29) is 11.8 Å².